The van der Waals surface area contributed by atoms with Crippen LogP contribution in [0.5, 0.6) is 0 Å². The highest BCUT2D eigenvalue weighted by Crippen LogP contribution is 2.27. The van der Waals surface area contributed by atoms with Gasteiger partial charge < -0.3 is 38.7 Å². The van der Waals surface area contributed by atoms with Gasteiger partial charge in [-0.25, -0.2) is 8.78 Å². The van der Waals surface area contributed by atoms with Crippen molar-refractivity contribution in [3.05, 3.63) is 139 Å². The van der Waals surface area contributed by atoms with E-state index in [2.05, 4.69) is 9.99 Å². The number of rotatable bonds is 18. The van der Waals surface area contributed by atoms with Gasteiger partial charge in [0.15, 0.2) is 18.6 Å². The highest BCUT2D eigenvalue weighted by molar-refractivity contribution is 6.31. The van der Waals surface area contributed by atoms with Gasteiger partial charge in [0.05, 0.1) is 45.9 Å². The molecule has 0 spiro atoms. The molecule has 0 radical (unpaired) electrons. The number of aliphatic hydroxyl groups is 2. The Kier molecular flexibility index (Phi) is 18.8. The van der Waals surface area contributed by atoms with E-state index in [4.69, 9.17) is 70.1 Å². The fourth-order valence-corrected chi connectivity index (χ4v) is 5.55. The van der Waals surface area contributed by atoms with Crippen LogP contribution in [0, 0.1) is 0 Å². The van der Waals surface area contributed by atoms with Crippen LogP contribution >= 0.6 is 46.4 Å². The minimum absolute atomic E-state index is 0.0946. The molecule has 4 aromatic rings. The third-order valence-electron chi connectivity index (χ3n) is 7.91. The number of benzene rings is 4. The zero-order valence-electron chi connectivity index (χ0n) is 29.2. The predicted octanol–water partition coefficient (Wildman–Crippen LogP) is 8.58. The Labute approximate surface area is 333 Å². The third-order valence-corrected chi connectivity index (χ3v) is 8.92. The van der Waals surface area contributed by atoms with Gasteiger partial charge in [-0.05, 0) is 70.8 Å². The Hall–Kier alpha value is -2.91. The zero-order valence-corrected chi connectivity index (χ0v) is 32.2. The Morgan fingerprint density at radius 1 is 0.722 bits per heavy atom. The molecule has 2 N–H and O–H groups in total. The summed E-state index contributed by atoms with van der Waals surface area (Å²) in [7, 11) is 1.30. The van der Waals surface area contributed by atoms with E-state index in [-0.39, 0.29) is 33.0 Å². The van der Waals surface area contributed by atoms with Crippen molar-refractivity contribution in [2.75, 3.05) is 20.3 Å². The van der Waals surface area contributed by atoms with Crippen molar-refractivity contribution in [3.63, 3.8) is 0 Å². The topological polar surface area (TPSA) is 108 Å². The largest absolute Gasteiger partial charge is 0.399 e. The fourth-order valence-electron chi connectivity index (χ4n) is 5.04. The number of ether oxygens (including phenoxy) is 5. The first kappa shape index (κ1) is 43.8. The molecule has 0 amide bonds. The number of nitrogens with zero attached hydrogens (tertiary/aromatic N) is 1. The number of hydrogen-bond acceptors (Lipinski definition) is 9. The maximum absolute atomic E-state index is 14.5. The molecule has 5 rings (SSSR count). The number of oxime groups is 1. The van der Waals surface area contributed by atoms with Gasteiger partial charge in [0.25, 0.3) is 0 Å². The van der Waals surface area contributed by atoms with Gasteiger partial charge in [-0.1, -0.05) is 100 Å². The SMILES string of the molecule is CON=C[C@@H](F)[C@H](OCc1ccc(Cl)cc1)[C@H](O)COCc1ccc(Cl)cc1.OC1O[C@H](COCc2ccc(Cl)cc2)[C@@H](OCc2ccc(Cl)cc2)[C@@H]1F. The lowest BCUT2D eigenvalue weighted by atomic mass is 10.1. The summed E-state index contributed by atoms with van der Waals surface area (Å²) >= 11 is 23.4. The van der Waals surface area contributed by atoms with Crippen LogP contribution in [-0.4, -0.2) is 79.8 Å². The van der Waals surface area contributed by atoms with Crippen LogP contribution < -0.4 is 0 Å². The van der Waals surface area contributed by atoms with Gasteiger partial charge in [0.1, 0.15) is 31.5 Å². The number of alkyl halides is 2. The third kappa shape index (κ3) is 15.0. The quantitative estimate of drug-likeness (QED) is 0.0759. The molecule has 15 heteroatoms. The summed E-state index contributed by atoms with van der Waals surface area (Å²) in [6, 6.07) is 28.4. The van der Waals surface area contributed by atoms with Crippen molar-refractivity contribution in [1.82, 2.24) is 0 Å². The summed E-state index contributed by atoms with van der Waals surface area (Å²) in [6.07, 6.45) is -7.89. The van der Waals surface area contributed by atoms with E-state index in [1.165, 1.54) is 7.11 Å². The smallest absolute Gasteiger partial charge is 0.189 e. The van der Waals surface area contributed by atoms with Gasteiger partial charge in [-0.15, -0.1) is 0 Å². The second-order valence-corrected chi connectivity index (χ2v) is 13.8. The number of halogens is 6. The molecule has 54 heavy (non-hydrogen) atoms. The van der Waals surface area contributed by atoms with Crippen LogP contribution in [0.15, 0.2) is 102 Å². The van der Waals surface area contributed by atoms with Crippen molar-refractivity contribution in [2.45, 2.75) is 69.5 Å². The number of aliphatic hydroxyl groups excluding tert-OH is 2. The summed E-state index contributed by atoms with van der Waals surface area (Å²) in [6.45, 7) is 0.846. The highest BCUT2D eigenvalue weighted by atomic mass is 35.5. The molecule has 1 heterocycles. The van der Waals surface area contributed by atoms with E-state index in [0.29, 0.717) is 26.7 Å². The molecule has 0 aromatic heterocycles. The molecule has 0 aliphatic carbocycles. The molecule has 0 bridgehead atoms. The van der Waals surface area contributed by atoms with Crippen LogP contribution in [0.3, 0.4) is 0 Å². The van der Waals surface area contributed by atoms with Gasteiger partial charge >= 0.3 is 0 Å². The van der Waals surface area contributed by atoms with Gasteiger partial charge in [0.2, 0.25) is 0 Å². The average Bonchev–Trinajstić information content (AvgIpc) is 3.44. The van der Waals surface area contributed by atoms with Crippen LogP contribution in [-0.2, 0) is 54.9 Å². The lowest BCUT2D eigenvalue weighted by Crippen LogP contribution is -2.41. The molecule has 292 valence electrons. The van der Waals surface area contributed by atoms with E-state index >= 15 is 0 Å². The first-order chi connectivity index (χ1) is 26.0. The summed E-state index contributed by atoms with van der Waals surface area (Å²) in [4.78, 5) is 4.50. The Morgan fingerprint density at radius 2 is 1.17 bits per heavy atom. The van der Waals surface area contributed by atoms with Crippen molar-refractivity contribution in [3.8, 4) is 0 Å². The van der Waals surface area contributed by atoms with Crippen molar-refractivity contribution >= 4 is 52.6 Å². The molecule has 4 aromatic carbocycles. The minimum Gasteiger partial charge on any atom is -0.399 e. The molecule has 1 fully saturated rings. The van der Waals surface area contributed by atoms with Gasteiger partial charge in [-0.2, -0.15) is 0 Å². The van der Waals surface area contributed by atoms with E-state index in [1.807, 2.05) is 24.3 Å². The summed E-state index contributed by atoms with van der Waals surface area (Å²) < 4.78 is 56.2. The lowest BCUT2D eigenvalue weighted by molar-refractivity contribution is -0.129. The van der Waals surface area contributed by atoms with E-state index in [0.717, 1.165) is 28.5 Å². The molecule has 1 saturated heterocycles. The van der Waals surface area contributed by atoms with E-state index < -0.39 is 43.0 Å². The van der Waals surface area contributed by atoms with Crippen molar-refractivity contribution in [1.29, 1.82) is 0 Å². The van der Waals surface area contributed by atoms with Crippen LogP contribution in [0.2, 0.25) is 20.1 Å². The predicted molar refractivity (Wildman–Crippen MR) is 204 cm³/mol. The Morgan fingerprint density at radius 3 is 1.65 bits per heavy atom. The minimum atomic E-state index is -1.68. The molecule has 0 saturated carbocycles. The van der Waals surface area contributed by atoms with Gasteiger partial charge in [0, 0.05) is 20.1 Å². The first-order valence-electron chi connectivity index (χ1n) is 16.7. The van der Waals surface area contributed by atoms with Crippen LogP contribution in [0.25, 0.3) is 0 Å². The van der Waals surface area contributed by atoms with Crippen molar-refractivity contribution < 1.29 is 47.5 Å². The second kappa shape index (κ2) is 23.2. The van der Waals surface area contributed by atoms with Crippen LogP contribution in [0.1, 0.15) is 22.3 Å². The molecule has 9 nitrogen and oxygen atoms in total. The summed E-state index contributed by atoms with van der Waals surface area (Å²) in [5.74, 6) is 0. The normalized spacial score (nSPS) is 19.9. The van der Waals surface area contributed by atoms with E-state index in [1.54, 1.807) is 72.8 Å². The highest BCUT2D eigenvalue weighted by Gasteiger charge is 2.45. The maximum atomic E-state index is 14.5. The monoisotopic (exact) mass is 829 g/mol. The molecule has 1 aliphatic rings. The standard InChI is InChI=1S/C20H22Cl2FNO4.C19H19Cl2FO4/c1-26-24-10-18(23)20(28-12-15-4-8-17(22)9-5-15)19(25)13-27-11-14-2-6-16(21)7-3-14;20-14-5-1-12(2-6-14)9-24-11-16-18(17(22)19(23)26-16)25-10-13-3-7-15(21)8-4-13/h2-10,18-20,25H,11-13H2,1H3;1-8,16-19,23H,9-11H2/t18-,19-,20+;16-,17+,18-,19?/m11/s1. The average molecular weight is 832 g/mol. The van der Waals surface area contributed by atoms with Crippen LogP contribution in [0.4, 0.5) is 8.78 Å². The number of hydrogen-bond donors (Lipinski definition) is 2. The zero-order chi connectivity index (χ0) is 38.9. The summed E-state index contributed by atoms with van der Waals surface area (Å²) in [5.41, 5.74) is 3.46. The molecule has 1 aliphatic heterocycles. The maximum Gasteiger partial charge on any atom is 0.189 e. The molecular formula is C39H41Cl4F2NO8. The Balaban J connectivity index is 0.000000241. The van der Waals surface area contributed by atoms with Gasteiger partial charge in [-0.3, -0.25) is 0 Å². The summed E-state index contributed by atoms with van der Waals surface area (Å²) in [5, 5.41) is 25.9. The molecule has 7 atom stereocenters. The molecular weight excluding hydrogens is 790 g/mol. The first-order valence-corrected chi connectivity index (χ1v) is 18.3. The Bertz CT molecular complexity index is 1670. The van der Waals surface area contributed by atoms with Crippen molar-refractivity contribution in [2.24, 2.45) is 5.16 Å². The van der Waals surface area contributed by atoms with E-state index in [9.17, 15) is 19.0 Å². The molecule has 1 unspecified atom stereocenters. The fraction of sp³-hybridized carbons (Fsp3) is 0.359. The lowest BCUT2D eigenvalue weighted by Gasteiger charge is -2.24. The second-order valence-electron chi connectivity index (χ2n) is 12.0.